The Hall–Kier alpha value is -2.60. The van der Waals surface area contributed by atoms with Crippen molar-refractivity contribution < 1.29 is 9.53 Å². The Morgan fingerprint density at radius 1 is 1.21 bits per heavy atom. The van der Waals surface area contributed by atoms with Crippen molar-refractivity contribution in [2.24, 2.45) is 0 Å². The van der Waals surface area contributed by atoms with E-state index in [0.29, 0.717) is 17.9 Å². The van der Waals surface area contributed by atoms with Gasteiger partial charge in [0.2, 0.25) is 0 Å². The van der Waals surface area contributed by atoms with Crippen LogP contribution >= 0.6 is 0 Å². The van der Waals surface area contributed by atoms with Gasteiger partial charge in [-0.15, -0.1) is 0 Å². The lowest BCUT2D eigenvalue weighted by Gasteiger charge is -2.29. The van der Waals surface area contributed by atoms with Crippen LogP contribution in [0.15, 0.2) is 42.6 Å². The molecule has 24 heavy (non-hydrogen) atoms. The monoisotopic (exact) mass is 326 g/mol. The highest BCUT2D eigenvalue weighted by atomic mass is 16.5. The number of rotatable bonds is 4. The predicted octanol–water partition coefficient (Wildman–Crippen LogP) is 1.77. The normalized spacial score (nSPS) is 14.5. The first-order chi connectivity index (χ1) is 11.6. The molecule has 1 saturated heterocycles. The molecule has 2 aromatic rings. The quantitative estimate of drug-likeness (QED) is 0.927. The number of nitrogen functional groups attached to an aromatic ring is 1. The van der Waals surface area contributed by atoms with E-state index in [0.717, 1.165) is 37.6 Å². The molecule has 126 valence electrons. The van der Waals surface area contributed by atoms with E-state index in [-0.39, 0.29) is 5.91 Å². The molecule has 0 unspecified atom stereocenters. The lowest BCUT2D eigenvalue weighted by atomic mass is 10.1. The van der Waals surface area contributed by atoms with Gasteiger partial charge in [-0.05, 0) is 35.9 Å². The Morgan fingerprint density at radius 3 is 2.54 bits per heavy atom. The fourth-order valence-corrected chi connectivity index (χ4v) is 2.73. The van der Waals surface area contributed by atoms with Gasteiger partial charge in [-0.25, -0.2) is 4.98 Å². The fraction of sp³-hybridized carbons (Fsp3) is 0.333. The molecule has 0 atom stereocenters. The molecule has 2 heterocycles. The molecule has 0 aliphatic carbocycles. The van der Waals surface area contributed by atoms with Crippen LogP contribution in [0.1, 0.15) is 15.9 Å². The molecule has 1 fully saturated rings. The van der Waals surface area contributed by atoms with E-state index in [1.165, 1.54) is 0 Å². The largest absolute Gasteiger partial charge is 0.384 e. The van der Waals surface area contributed by atoms with E-state index in [4.69, 9.17) is 10.5 Å². The van der Waals surface area contributed by atoms with E-state index < -0.39 is 0 Å². The summed E-state index contributed by atoms with van der Waals surface area (Å²) in [4.78, 5) is 20.5. The predicted molar refractivity (Wildman–Crippen MR) is 93.9 cm³/mol. The summed E-state index contributed by atoms with van der Waals surface area (Å²) in [5.41, 5.74) is 8.33. The van der Waals surface area contributed by atoms with Crippen molar-refractivity contribution in [3.8, 4) is 0 Å². The molecule has 1 aromatic carbocycles. The van der Waals surface area contributed by atoms with E-state index in [1.807, 2.05) is 30.3 Å². The molecule has 1 aliphatic rings. The molecule has 2 N–H and O–H groups in total. The van der Waals surface area contributed by atoms with Crippen LogP contribution in [0.25, 0.3) is 0 Å². The maximum atomic E-state index is 12.6. The van der Waals surface area contributed by atoms with Gasteiger partial charge in [0.25, 0.3) is 5.91 Å². The SMILES string of the molecule is CN(Cc1ccc(N)nc1)C(=O)c1ccc(N2CCOCC2)cc1. The molecule has 0 saturated carbocycles. The van der Waals surface area contributed by atoms with Crippen molar-refractivity contribution in [2.75, 3.05) is 44.0 Å². The summed E-state index contributed by atoms with van der Waals surface area (Å²) >= 11 is 0. The first-order valence-corrected chi connectivity index (χ1v) is 8.02. The lowest BCUT2D eigenvalue weighted by Crippen LogP contribution is -2.36. The van der Waals surface area contributed by atoms with Crippen LogP contribution in [-0.2, 0) is 11.3 Å². The number of benzene rings is 1. The number of carbonyl (C=O) groups is 1. The molecule has 1 amide bonds. The second-order valence-corrected chi connectivity index (χ2v) is 5.90. The van der Waals surface area contributed by atoms with Crippen molar-refractivity contribution in [1.29, 1.82) is 0 Å². The summed E-state index contributed by atoms with van der Waals surface area (Å²) in [5, 5.41) is 0. The van der Waals surface area contributed by atoms with Gasteiger partial charge in [0.15, 0.2) is 0 Å². The zero-order chi connectivity index (χ0) is 16.9. The molecule has 6 nitrogen and oxygen atoms in total. The van der Waals surface area contributed by atoms with Crippen molar-refractivity contribution in [3.05, 3.63) is 53.7 Å². The number of nitrogens with zero attached hydrogens (tertiary/aromatic N) is 3. The van der Waals surface area contributed by atoms with Crippen molar-refractivity contribution in [3.63, 3.8) is 0 Å². The Bertz CT molecular complexity index is 679. The molecule has 1 aliphatic heterocycles. The van der Waals surface area contributed by atoms with Crippen LogP contribution in [-0.4, -0.2) is 49.1 Å². The molecule has 3 rings (SSSR count). The van der Waals surface area contributed by atoms with E-state index in [2.05, 4.69) is 9.88 Å². The van der Waals surface area contributed by atoms with Gasteiger partial charge in [0.1, 0.15) is 5.82 Å². The fourth-order valence-electron chi connectivity index (χ4n) is 2.73. The number of hydrogen-bond acceptors (Lipinski definition) is 5. The number of anilines is 2. The highest BCUT2D eigenvalue weighted by molar-refractivity contribution is 5.94. The van der Waals surface area contributed by atoms with Crippen LogP contribution in [0.5, 0.6) is 0 Å². The zero-order valence-electron chi connectivity index (χ0n) is 13.8. The number of nitrogens with two attached hydrogens (primary N) is 1. The van der Waals surface area contributed by atoms with Gasteiger partial charge >= 0.3 is 0 Å². The van der Waals surface area contributed by atoms with Gasteiger partial charge in [-0.2, -0.15) is 0 Å². The molecule has 0 radical (unpaired) electrons. The minimum Gasteiger partial charge on any atom is -0.384 e. The topological polar surface area (TPSA) is 71.7 Å². The number of carbonyl (C=O) groups excluding carboxylic acids is 1. The average Bonchev–Trinajstić information content (AvgIpc) is 2.64. The molecular weight excluding hydrogens is 304 g/mol. The number of ether oxygens (including phenoxy) is 1. The number of hydrogen-bond donors (Lipinski definition) is 1. The first-order valence-electron chi connectivity index (χ1n) is 8.02. The standard InChI is InChI=1S/C18H22N4O2/c1-21(13-14-2-7-17(19)20-12-14)18(23)15-3-5-16(6-4-15)22-8-10-24-11-9-22/h2-7,12H,8-11,13H2,1H3,(H2,19,20). The van der Waals surface area contributed by atoms with Crippen molar-refractivity contribution in [1.82, 2.24) is 9.88 Å². The number of amides is 1. The second-order valence-electron chi connectivity index (χ2n) is 5.90. The molecule has 1 aromatic heterocycles. The highest BCUT2D eigenvalue weighted by Gasteiger charge is 2.14. The van der Waals surface area contributed by atoms with Crippen molar-refractivity contribution >= 4 is 17.4 Å². The van der Waals surface area contributed by atoms with Crippen molar-refractivity contribution in [2.45, 2.75) is 6.54 Å². The smallest absolute Gasteiger partial charge is 0.253 e. The number of pyridine rings is 1. The van der Waals surface area contributed by atoms with Crippen LogP contribution in [0.3, 0.4) is 0 Å². The van der Waals surface area contributed by atoms with Gasteiger partial charge in [-0.3, -0.25) is 4.79 Å². The van der Waals surface area contributed by atoms with Crippen LogP contribution in [0.2, 0.25) is 0 Å². The van der Waals surface area contributed by atoms with Crippen LogP contribution < -0.4 is 10.6 Å². The molecule has 0 bridgehead atoms. The lowest BCUT2D eigenvalue weighted by molar-refractivity contribution is 0.0785. The molecular formula is C18H22N4O2. The minimum atomic E-state index is -0.0136. The summed E-state index contributed by atoms with van der Waals surface area (Å²) in [6.45, 7) is 3.77. The summed E-state index contributed by atoms with van der Waals surface area (Å²) in [7, 11) is 1.79. The Labute approximate surface area is 141 Å². The average molecular weight is 326 g/mol. The summed E-state index contributed by atoms with van der Waals surface area (Å²) in [6, 6.07) is 11.4. The summed E-state index contributed by atoms with van der Waals surface area (Å²) in [5.74, 6) is 0.465. The van der Waals surface area contributed by atoms with E-state index in [9.17, 15) is 4.79 Å². The third-order valence-corrected chi connectivity index (χ3v) is 4.10. The zero-order valence-corrected chi connectivity index (χ0v) is 13.8. The van der Waals surface area contributed by atoms with E-state index >= 15 is 0 Å². The van der Waals surface area contributed by atoms with Crippen LogP contribution in [0, 0.1) is 0 Å². The Balaban J connectivity index is 1.64. The third kappa shape index (κ3) is 3.83. The molecule has 0 spiro atoms. The Kier molecular flexibility index (Phi) is 4.96. The summed E-state index contributed by atoms with van der Waals surface area (Å²) < 4.78 is 5.36. The summed E-state index contributed by atoms with van der Waals surface area (Å²) in [6.07, 6.45) is 1.70. The van der Waals surface area contributed by atoms with Crippen LogP contribution in [0.4, 0.5) is 11.5 Å². The van der Waals surface area contributed by atoms with Gasteiger partial charge in [-0.1, -0.05) is 6.07 Å². The van der Waals surface area contributed by atoms with Gasteiger partial charge < -0.3 is 20.3 Å². The third-order valence-electron chi connectivity index (χ3n) is 4.10. The maximum Gasteiger partial charge on any atom is 0.253 e. The number of aromatic nitrogens is 1. The van der Waals surface area contributed by atoms with Gasteiger partial charge in [0, 0.05) is 44.1 Å². The highest BCUT2D eigenvalue weighted by Crippen LogP contribution is 2.18. The van der Waals surface area contributed by atoms with Gasteiger partial charge in [0.05, 0.1) is 13.2 Å². The first kappa shape index (κ1) is 16.3. The number of morpholine rings is 1. The molecule has 6 heteroatoms. The maximum absolute atomic E-state index is 12.6. The second kappa shape index (κ2) is 7.31. The minimum absolute atomic E-state index is 0.0136. The van der Waals surface area contributed by atoms with E-state index in [1.54, 1.807) is 24.2 Å². The Morgan fingerprint density at radius 2 is 1.92 bits per heavy atom.